The Labute approximate surface area is 133 Å². The van der Waals surface area contributed by atoms with E-state index in [4.69, 9.17) is 0 Å². The van der Waals surface area contributed by atoms with Gasteiger partial charge in [0.2, 0.25) is 0 Å². The molecule has 2 aliphatic carbocycles. The quantitative estimate of drug-likeness (QED) is 0.682. The summed E-state index contributed by atoms with van der Waals surface area (Å²) in [5.41, 5.74) is 0.542. The third-order valence-corrected chi connectivity index (χ3v) is 5.53. The van der Waals surface area contributed by atoms with E-state index in [0.717, 1.165) is 11.8 Å². The van der Waals surface area contributed by atoms with E-state index in [1.807, 2.05) is 0 Å². The van der Waals surface area contributed by atoms with E-state index in [1.54, 1.807) is 0 Å². The van der Waals surface area contributed by atoms with E-state index in [0.29, 0.717) is 11.5 Å². The monoisotopic (exact) mass is 294 g/mol. The SMILES string of the molecule is CCCN(CC1CC1)CC1(CNC(C)C)CCC(C)CC1. The molecule has 2 rings (SSSR count). The molecular weight excluding hydrogens is 256 g/mol. The fraction of sp³-hybridized carbons (Fsp3) is 1.00. The van der Waals surface area contributed by atoms with Crippen LogP contribution in [0.1, 0.15) is 72.6 Å². The Morgan fingerprint density at radius 3 is 2.33 bits per heavy atom. The van der Waals surface area contributed by atoms with Crippen LogP contribution < -0.4 is 5.32 Å². The van der Waals surface area contributed by atoms with Crippen LogP contribution in [0.15, 0.2) is 0 Å². The van der Waals surface area contributed by atoms with Crippen molar-refractivity contribution in [2.75, 3.05) is 26.2 Å². The molecule has 0 spiro atoms. The number of rotatable bonds is 9. The molecule has 0 bridgehead atoms. The van der Waals surface area contributed by atoms with Gasteiger partial charge in [-0.3, -0.25) is 0 Å². The lowest BCUT2D eigenvalue weighted by Gasteiger charge is -2.43. The second-order valence-electron chi connectivity index (χ2n) is 8.40. The van der Waals surface area contributed by atoms with Gasteiger partial charge in [-0.25, -0.2) is 0 Å². The number of nitrogens with one attached hydrogen (secondary N) is 1. The van der Waals surface area contributed by atoms with E-state index in [1.165, 1.54) is 71.1 Å². The second-order valence-corrected chi connectivity index (χ2v) is 8.40. The van der Waals surface area contributed by atoms with Crippen LogP contribution in [0.3, 0.4) is 0 Å². The Hall–Kier alpha value is -0.0800. The summed E-state index contributed by atoms with van der Waals surface area (Å²) in [6.07, 6.45) is 9.99. The van der Waals surface area contributed by atoms with E-state index in [9.17, 15) is 0 Å². The molecule has 124 valence electrons. The van der Waals surface area contributed by atoms with Crippen LogP contribution in [0, 0.1) is 17.3 Å². The molecule has 0 aliphatic heterocycles. The minimum absolute atomic E-state index is 0.542. The molecule has 0 unspecified atom stereocenters. The molecule has 2 nitrogen and oxygen atoms in total. The van der Waals surface area contributed by atoms with Crippen LogP contribution in [-0.4, -0.2) is 37.1 Å². The molecule has 21 heavy (non-hydrogen) atoms. The Morgan fingerprint density at radius 2 is 1.81 bits per heavy atom. The summed E-state index contributed by atoms with van der Waals surface area (Å²) < 4.78 is 0. The summed E-state index contributed by atoms with van der Waals surface area (Å²) >= 11 is 0. The first-order valence-corrected chi connectivity index (χ1v) is 9.49. The van der Waals surface area contributed by atoms with Gasteiger partial charge >= 0.3 is 0 Å². The predicted molar refractivity (Wildman–Crippen MR) is 92.7 cm³/mol. The van der Waals surface area contributed by atoms with Crippen molar-refractivity contribution in [2.45, 2.75) is 78.7 Å². The fourth-order valence-corrected chi connectivity index (χ4v) is 3.88. The standard InChI is InChI=1S/C19H38N2/c1-5-12-21(13-18-6-7-18)15-19(14-20-16(2)3)10-8-17(4)9-11-19/h16-18,20H,5-15H2,1-4H3. The van der Waals surface area contributed by atoms with Crippen LogP contribution in [0.25, 0.3) is 0 Å². The summed E-state index contributed by atoms with van der Waals surface area (Å²) in [6, 6.07) is 0.615. The summed E-state index contributed by atoms with van der Waals surface area (Å²) in [4.78, 5) is 2.80. The lowest BCUT2D eigenvalue weighted by Crippen LogP contribution is -2.48. The van der Waals surface area contributed by atoms with Gasteiger partial charge in [0.1, 0.15) is 0 Å². The molecule has 0 saturated heterocycles. The average molecular weight is 295 g/mol. The topological polar surface area (TPSA) is 15.3 Å². The van der Waals surface area contributed by atoms with Gasteiger partial charge in [-0.1, -0.05) is 40.5 Å². The molecular formula is C19H38N2. The second kappa shape index (κ2) is 7.97. The van der Waals surface area contributed by atoms with E-state index in [-0.39, 0.29) is 0 Å². The number of nitrogens with zero attached hydrogens (tertiary/aromatic N) is 1. The van der Waals surface area contributed by atoms with Crippen molar-refractivity contribution < 1.29 is 0 Å². The van der Waals surface area contributed by atoms with Crippen molar-refractivity contribution >= 4 is 0 Å². The van der Waals surface area contributed by atoms with Crippen LogP contribution in [0.5, 0.6) is 0 Å². The summed E-state index contributed by atoms with van der Waals surface area (Å²) in [7, 11) is 0. The molecule has 2 aliphatic rings. The Morgan fingerprint density at radius 1 is 1.14 bits per heavy atom. The third-order valence-electron chi connectivity index (χ3n) is 5.53. The first-order chi connectivity index (χ1) is 10.0. The van der Waals surface area contributed by atoms with E-state index in [2.05, 4.69) is 37.9 Å². The van der Waals surface area contributed by atoms with Crippen LogP contribution in [0.2, 0.25) is 0 Å². The van der Waals surface area contributed by atoms with Crippen LogP contribution in [-0.2, 0) is 0 Å². The van der Waals surface area contributed by atoms with Gasteiger partial charge in [0.05, 0.1) is 0 Å². The number of hydrogen-bond acceptors (Lipinski definition) is 2. The normalized spacial score (nSPS) is 30.3. The molecule has 0 radical (unpaired) electrons. The van der Waals surface area contributed by atoms with Gasteiger partial charge in [0, 0.05) is 25.7 Å². The summed E-state index contributed by atoms with van der Waals surface area (Å²) in [5.74, 6) is 1.97. The van der Waals surface area contributed by atoms with Gasteiger partial charge in [0.25, 0.3) is 0 Å². The zero-order valence-corrected chi connectivity index (χ0v) is 15.0. The molecule has 1 N–H and O–H groups in total. The molecule has 0 atom stereocenters. The lowest BCUT2D eigenvalue weighted by molar-refractivity contribution is 0.0817. The van der Waals surface area contributed by atoms with E-state index < -0.39 is 0 Å². The Balaban J connectivity index is 1.94. The van der Waals surface area contributed by atoms with Gasteiger partial charge < -0.3 is 10.2 Å². The molecule has 0 aromatic heterocycles. The van der Waals surface area contributed by atoms with Crippen molar-refractivity contribution in [2.24, 2.45) is 17.3 Å². The minimum atomic E-state index is 0.542. The van der Waals surface area contributed by atoms with Crippen molar-refractivity contribution in [3.05, 3.63) is 0 Å². The minimum Gasteiger partial charge on any atom is -0.314 e. The highest BCUT2D eigenvalue weighted by Crippen LogP contribution is 2.40. The summed E-state index contributed by atoms with van der Waals surface area (Å²) in [6.45, 7) is 14.6. The molecule has 0 aromatic rings. The van der Waals surface area contributed by atoms with Gasteiger partial charge in [0.15, 0.2) is 0 Å². The highest BCUT2D eigenvalue weighted by atomic mass is 15.1. The first kappa shape index (κ1) is 17.3. The largest absolute Gasteiger partial charge is 0.314 e. The zero-order chi connectivity index (χ0) is 15.3. The third kappa shape index (κ3) is 5.90. The summed E-state index contributed by atoms with van der Waals surface area (Å²) in [5, 5.41) is 3.76. The van der Waals surface area contributed by atoms with Crippen LogP contribution in [0.4, 0.5) is 0 Å². The lowest BCUT2D eigenvalue weighted by atomic mass is 9.70. The van der Waals surface area contributed by atoms with Crippen molar-refractivity contribution in [1.82, 2.24) is 10.2 Å². The fourth-order valence-electron chi connectivity index (χ4n) is 3.88. The smallest absolute Gasteiger partial charge is 0.00503 e. The van der Waals surface area contributed by atoms with Crippen molar-refractivity contribution in [1.29, 1.82) is 0 Å². The first-order valence-electron chi connectivity index (χ1n) is 9.49. The van der Waals surface area contributed by atoms with Crippen molar-refractivity contribution in [3.63, 3.8) is 0 Å². The molecule has 2 saturated carbocycles. The van der Waals surface area contributed by atoms with Crippen LogP contribution >= 0.6 is 0 Å². The maximum Gasteiger partial charge on any atom is 0.00503 e. The maximum atomic E-state index is 3.76. The average Bonchev–Trinajstić information content (AvgIpc) is 3.24. The molecule has 0 heterocycles. The Bertz CT molecular complexity index is 288. The van der Waals surface area contributed by atoms with Gasteiger partial charge in [-0.2, -0.15) is 0 Å². The van der Waals surface area contributed by atoms with Crippen molar-refractivity contribution in [3.8, 4) is 0 Å². The van der Waals surface area contributed by atoms with Gasteiger partial charge in [-0.15, -0.1) is 0 Å². The Kier molecular flexibility index (Phi) is 6.55. The number of hydrogen-bond donors (Lipinski definition) is 1. The highest BCUT2D eigenvalue weighted by molar-refractivity contribution is 4.91. The molecule has 0 aromatic carbocycles. The van der Waals surface area contributed by atoms with Gasteiger partial charge in [-0.05, 0) is 55.9 Å². The zero-order valence-electron chi connectivity index (χ0n) is 15.0. The predicted octanol–water partition coefficient (Wildman–Crippen LogP) is 4.30. The maximum absolute atomic E-state index is 3.76. The molecule has 2 fully saturated rings. The molecule has 0 amide bonds. The molecule has 2 heteroatoms. The van der Waals surface area contributed by atoms with E-state index >= 15 is 0 Å². The highest BCUT2D eigenvalue weighted by Gasteiger charge is 2.36.